The van der Waals surface area contributed by atoms with E-state index >= 15 is 0 Å². The molecule has 2 N–H and O–H groups in total. The van der Waals surface area contributed by atoms with Gasteiger partial charge >= 0.3 is 0 Å². The van der Waals surface area contributed by atoms with Crippen LogP contribution in [0.3, 0.4) is 0 Å². The van der Waals surface area contributed by atoms with Gasteiger partial charge in [0.2, 0.25) is 0 Å². The first-order valence-corrected chi connectivity index (χ1v) is 4.12. The Hall–Kier alpha value is -0.410. The summed E-state index contributed by atoms with van der Waals surface area (Å²) in [7, 11) is 0. The van der Waals surface area contributed by atoms with Crippen molar-refractivity contribution in [2.45, 2.75) is 25.9 Å². The van der Waals surface area contributed by atoms with Crippen molar-refractivity contribution >= 4 is 5.78 Å². The highest BCUT2D eigenvalue weighted by Gasteiger charge is 2.28. The average molecular weight is 157 g/mol. The number of Topliss-reactive ketones (excluding diaryl/α,β-unsaturated/α-hetero) is 1. The van der Waals surface area contributed by atoms with Crippen molar-refractivity contribution in [2.75, 3.05) is 13.2 Å². The van der Waals surface area contributed by atoms with Crippen LogP contribution in [0.1, 0.15) is 19.8 Å². The summed E-state index contributed by atoms with van der Waals surface area (Å²) in [5.74, 6) is 0.425. The lowest BCUT2D eigenvalue weighted by molar-refractivity contribution is -0.122. The Bertz CT molecular complexity index is 147. The first-order chi connectivity index (χ1) is 5.27. The predicted octanol–water partition coefficient (Wildman–Crippen LogP) is 0.329. The van der Waals surface area contributed by atoms with Gasteiger partial charge in [-0.3, -0.25) is 4.79 Å². The summed E-state index contributed by atoms with van der Waals surface area (Å²) in [5, 5.41) is 0. The highest BCUT2D eigenvalue weighted by molar-refractivity contribution is 5.81. The lowest BCUT2D eigenvalue weighted by Gasteiger charge is -2.03. The van der Waals surface area contributed by atoms with Crippen LogP contribution in [0.4, 0.5) is 0 Å². The molecule has 0 aromatic heterocycles. The first kappa shape index (κ1) is 8.68. The molecule has 0 aromatic rings. The minimum Gasteiger partial charge on any atom is -0.376 e. The highest BCUT2D eigenvalue weighted by Crippen LogP contribution is 2.20. The number of ketones is 1. The minimum absolute atomic E-state index is 0.119. The fraction of sp³-hybridized carbons (Fsp3) is 0.875. The van der Waals surface area contributed by atoms with Crippen molar-refractivity contribution in [3.8, 4) is 0 Å². The number of nitrogens with two attached hydrogens (primary N) is 1. The van der Waals surface area contributed by atoms with Gasteiger partial charge in [-0.1, -0.05) is 6.92 Å². The molecule has 2 atom stereocenters. The topological polar surface area (TPSA) is 52.3 Å². The lowest BCUT2D eigenvalue weighted by Crippen LogP contribution is -2.19. The van der Waals surface area contributed by atoms with E-state index in [1.165, 1.54) is 0 Å². The van der Waals surface area contributed by atoms with Crippen molar-refractivity contribution in [1.82, 2.24) is 0 Å². The van der Waals surface area contributed by atoms with Gasteiger partial charge in [0.25, 0.3) is 0 Å². The summed E-state index contributed by atoms with van der Waals surface area (Å²) in [4.78, 5) is 11.2. The van der Waals surface area contributed by atoms with Crippen LogP contribution < -0.4 is 5.73 Å². The maximum atomic E-state index is 11.2. The monoisotopic (exact) mass is 157 g/mol. The summed E-state index contributed by atoms with van der Waals surface area (Å²) >= 11 is 0. The standard InChI is InChI=1S/C8H15NO2/c1-2-8(10)6-3-7(4-9)11-5-6/h6-7H,2-5,9H2,1H3/t6-,7-/m0/s1. The zero-order valence-electron chi connectivity index (χ0n) is 6.88. The molecule has 1 fully saturated rings. The Morgan fingerprint density at radius 3 is 2.91 bits per heavy atom. The second-order valence-corrected chi connectivity index (χ2v) is 2.94. The van der Waals surface area contributed by atoms with Gasteiger partial charge in [-0.15, -0.1) is 0 Å². The number of carbonyl (C=O) groups excluding carboxylic acids is 1. The van der Waals surface area contributed by atoms with Crippen molar-refractivity contribution < 1.29 is 9.53 Å². The molecule has 64 valence electrons. The third-order valence-corrected chi connectivity index (χ3v) is 2.15. The molecule has 0 aliphatic carbocycles. The Morgan fingerprint density at radius 2 is 2.45 bits per heavy atom. The van der Waals surface area contributed by atoms with Crippen LogP contribution in [-0.2, 0) is 9.53 Å². The smallest absolute Gasteiger partial charge is 0.138 e. The molecule has 3 nitrogen and oxygen atoms in total. The fourth-order valence-corrected chi connectivity index (χ4v) is 1.38. The molecule has 0 aromatic carbocycles. The van der Waals surface area contributed by atoms with E-state index in [9.17, 15) is 4.79 Å². The highest BCUT2D eigenvalue weighted by atomic mass is 16.5. The van der Waals surface area contributed by atoms with Gasteiger partial charge in [0.15, 0.2) is 0 Å². The van der Waals surface area contributed by atoms with Crippen LogP contribution in [-0.4, -0.2) is 25.0 Å². The van der Waals surface area contributed by atoms with E-state index in [0.29, 0.717) is 25.4 Å². The van der Waals surface area contributed by atoms with E-state index in [1.54, 1.807) is 0 Å². The Balaban J connectivity index is 2.35. The molecular formula is C8H15NO2. The van der Waals surface area contributed by atoms with Gasteiger partial charge in [0.1, 0.15) is 5.78 Å². The molecule has 1 saturated heterocycles. The van der Waals surface area contributed by atoms with Crippen molar-refractivity contribution in [3.63, 3.8) is 0 Å². The third kappa shape index (κ3) is 2.01. The zero-order chi connectivity index (χ0) is 8.27. The van der Waals surface area contributed by atoms with E-state index < -0.39 is 0 Å². The van der Waals surface area contributed by atoms with E-state index in [1.807, 2.05) is 6.92 Å². The molecule has 0 saturated carbocycles. The quantitative estimate of drug-likeness (QED) is 0.642. The van der Waals surface area contributed by atoms with Gasteiger partial charge in [0.05, 0.1) is 12.7 Å². The van der Waals surface area contributed by atoms with Crippen LogP contribution >= 0.6 is 0 Å². The SMILES string of the molecule is CCC(=O)[C@@H]1CO[C@H](CN)C1. The average Bonchev–Trinajstić information content (AvgIpc) is 2.50. The van der Waals surface area contributed by atoms with Gasteiger partial charge < -0.3 is 10.5 Å². The van der Waals surface area contributed by atoms with Gasteiger partial charge in [-0.2, -0.15) is 0 Å². The Labute approximate surface area is 66.9 Å². The molecule has 0 radical (unpaired) electrons. The Kier molecular flexibility index (Phi) is 3.02. The van der Waals surface area contributed by atoms with E-state index in [2.05, 4.69) is 0 Å². The van der Waals surface area contributed by atoms with Crippen molar-refractivity contribution in [3.05, 3.63) is 0 Å². The predicted molar refractivity (Wildman–Crippen MR) is 42.2 cm³/mol. The zero-order valence-corrected chi connectivity index (χ0v) is 6.88. The third-order valence-electron chi connectivity index (χ3n) is 2.15. The summed E-state index contributed by atoms with van der Waals surface area (Å²) in [5.41, 5.74) is 5.40. The second-order valence-electron chi connectivity index (χ2n) is 2.94. The maximum absolute atomic E-state index is 11.2. The fourth-order valence-electron chi connectivity index (χ4n) is 1.38. The van der Waals surface area contributed by atoms with E-state index in [-0.39, 0.29) is 12.0 Å². The molecule has 1 aliphatic rings. The van der Waals surface area contributed by atoms with Gasteiger partial charge in [-0.05, 0) is 6.42 Å². The lowest BCUT2D eigenvalue weighted by atomic mass is 9.99. The van der Waals surface area contributed by atoms with Crippen LogP contribution in [0.25, 0.3) is 0 Å². The largest absolute Gasteiger partial charge is 0.376 e. The van der Waals surface area contributed by atoms with Crippen molar-refractivity contribution in [1.29, 1.82) is 0 Å². The van der Waals surface area contributed by atoms with Crippen LogP contribution in [0.5, 0.6) is 0 Å². The summed E-state index contributed by atoms with van der Waals surface area (Å²) in [6.07, 6.45) is 1.56. The molecule has 1 aliphatic heterocycles. The number of hydrogen-bond acceptors (Lipinski definition) is 3. The molecule has 1 rings (SSSR count). The van der Waals surface area contributed by atoms with Gasteiger partial charge in [-0.25, -0.2) is 0 Å². The summed E-state index contributed by atoms with van der Waals surface area (Å²) in [6.45, 7) is 3.00. The maximum Gasteiger partial charge on any atom is 0.138 e. The number of carbonyl (C=O) groups is 1. The number of hydrogen-bond donors (Lipinski definition) is 1. The summed E-state index contributed by atoms with van der Waals surface area (Å²) < 4.78 is 5.29. The molecule has 0 unspecified atom stereocenters. The van der Waals surface area contributed by atoms with E-state index in [4.69, 9.17) is 10.5 Å². The van der Waals surface area contributed by atoms with Crippen LogP contribution in [0.15, 0.2) is 0 Å². The van der Waals surface area contributed by atoms with Crippen LogP contribution in [0, 0.1) is 5.92 Å². The number of ether oxygens (including phenoxy) is 1. The first-order valence-electron chi connectivity index (χ1n) is 4.12. The normalized spacial score (nSPS) is 30.7. The van der Waals surface area contributed by atoms with Crippen molar-refractivity contribution in [2.24, 2.45) is 11.7 Å². The molecule has 0 spiro atoms. The second kappa shape index (κ2) is 3.83. The van der Waals surface area contributed by atoms with Crippen LogP contribution in [0.2, 0.25) is 0 Å². The Morgan fingerprint density at radius 1 is 1.73 bits per heavy atom. The van der Waals surface area contributed by atoms with E-state index in [0.717, 1.165) is 6.42 Å². The minimum atomic E-state index is 0.119. The molecule has 0 amide bonds. The van der Waals surface area contributed by atoms with Gasteiger partial charge in [0, 0.05) is 18.9 Å². The number of rotatable bonds is 3. The molecule has 11 heavy (non-hydrogen) atoms. The summed E-state index contributed by atoms with van der Waals surface area (Å²) in [6, 6.07) is 0. The molecule has 1 heterocycles. The molecule has 3 heteroatoms. The molecule has 0 bridgehead atoms. The molecular weight excluding hydrogens is 142 g/mol.